The SMILES string of the molecule is COc1cc2nccc(Oc3ccc(-c4cncn(Cc5ccc(F)cc5)c4=O)cc3F)c2cc1OC. The second kappa shape index (κ2) is 10.1. The van der Waals surface area contributed by atoms with E-state index in [1.54, 1.807) is 42.6 Å². The summed E-state index contributed by atoms with van der Waals surface area (Å²) >= 11 is 0. The lowest BCUT2D eigenvalue weighted by molar-refractivity contribution is 0.355. The molecule has 2 heterocycles. The van der Waals surface area contributed by atoms with Crippen molar-refractivity contribution < 1.29 is 23.0 Å². The van der Waals surface area contributed by atoms with Crippen LogP contribution in [-0.4, -0.2) is 28.8 Å². The molecule has 0 fully saturated rings. The molecule has 0 N–H and O–H groups in total. The number of hydrogen-bond acceptors (Lipinski definition) is 6. The van der Waals surface area contributed by atoms with E-state index >= 15 is 4.39 Å². The third kappa shape index (κ3) is 4.84. The Morgan fingerprint density at radius 3 is 2.35 bits per heavy atom. The lowest BCUT2D eigenvalue weighted by Crippen LogP contribution is -2.22. The highest BCUT2D eigenvalue weighted by atomic mass is 19.1. The van der Waals surface area contributed by atoms with Crippen molar-refractivity contribution in [1.29, 1.82) is 0 Å². The average molecular weight is 501 g/mol. The Morgan fingerprint density at radius 1 is 0.865 bits per heavy atom. The van der Waals surface area contributed by atoms with E-state index in [4.69, 9.17) is 14.2 Å². The number of hydrogen-bond donors (Lipinski definition) is 0. The fourth-order valence-electron chi connectivity index (χ4n) is 3.95. The summed E-state index contributed by atoms with van der Waals surface area (Å²) in [7, 11) is 3.05. The standard InChI is InChI=1S/C28H21F2N3O4/c1-35-26-12-20-23(13-27(26)36-2)32-10-9-24(20)37-25-8-5-18(11-22(25)30)21-14-31-16-33(28(21)34)15-17-3-6-19(29)7-4-17/h3-14,16H,15H2,1-2H3. The smallest absolute Gasteiger partial charge is 0.261 e. The summed E-state index contributed by atoms with van der Waals surface area (Å²) < 4.78 is 46.3. The second-order valence-corrected chi connectivity index (χ2v) is 8.15. The van der Waals surface area contributed by atoms with E-state index in [2.05, 4.69) is 9.97 Å². The van der Waals surface area contributed by atoms with Gasteiger partial charge >= 0.3 is 0 Å². The molecule has 0 aliphatic heterocycles. The van der Waals surface area contributed by atoms with Crippen LogP contribution in [0.2, 0.25) is 0 Å². The molecule has 0 atom stereocenters. The third-order valence-corrected chi connectivity index (χ3v) is 5.84. The van der Waals surface area contributed by atoms with Crippen molar-refractivity contribution in [1.82, 2.24) is 14.5 Å². The molecule has 37 heavy (non-hydrogen) atoms. The zero-order chi connectivity index (χ0) is 25.9. The average Bonchev–Trinajstić information content (AvgIpc) is 2.91. The molecule has 5 aromatic rings. The van der Waals surface area contributed by atoms with Gasteiger partial charge in [0.1, 0.15) is 11.6 Å². The predicted molar refractivity (Wildman–Crippen MR) is 134 cm³/mol. The summed E-state index contributed by atoms with van der Waals surface area (Å²) in [6, 6.07) is 15.1. The minimum atomic E-state index is -0.656. The summed E-state index contributed by atoms with van der Waals surface area (Å²) in [5.74, 6) is 0.326. The van der Waals surface area contributed by atoms with Crippen LogP contribution in [0.15, 0.2) is 84.2 Å². The fourth-order valence-corrected chi connectivity index (χ4v) is 3.95. The van der Waals surface area contributed by atoms with Crippen LogP contribution >= 0.6 is 0 Å². The summed E-state index contributed by atoms with van der Waals surface area (Å²) in [5, 5.41) is 0.611. The molecule has 5 rings (SSSR count). The Kier molecular flexibility index (Phi) is 6.51. The zero-order valence-electron chi connectivity index (χ0n) is 19.9. The Hall–Kier alpha value is -4.79. The third-order valence-electron chi connectivity index (χ3n) is 5.84. The van der Waals surface area contributed by atoms with Gasteiger partial charge in [0, 0.05) is 23.8 Å². The molecule has 0 spiro atoms. The summed E-state index contributed by atoms with van der Waals surface area (Å²) in [4.78, 5) is 21.5. The molecule has 0 aliphatic rings. The largest absolute Gasteiger partial charge is 0.493 e. The van der Waals surface area contributed by atoms with E-state index in [1.807, 2.05) is 0 Å². The Balaban J connectivity index is 1.45. The number of methoxy groups -OCH3 is 2. The summed E-state index contributed by atoms with van der Waals surface area (Å²) in [5.41, 5.74) is 1.54. The van der Waals surface area contributed by atoms with Gasteiger partial charge in [-0.3, -0.25) is 14.3 Å². The number of ether oxygens (including phenoxy) is 3. The number of rotatable bonds is 7. The molecule has 0 unspecified atom stereocenters. The second-order valence-electron chi connectivity index (χ2n) is 8.15. The van der Waals surface area contributed by atoms with Gasteiger partial charge in [-0.05, 0) is 47.5 Å². The van der Waals surface area contributed by atoms with Crippen molar-refractivity contribution in [3.8, 4) is 34.1 Å². The van der Waals surface area contributed by atoms with Crippen molar-refractivity contribution in [2.75, 3.05) is 14.2 Å². The van der Waals surface area contributed by atoms with Gasteiger partial charge in [0.2, 0.25) is 0 Å². The van der Waals surface area contributed by atoms with Crippen molar-refractivity contribution in [3.63, 3.8) is 0 Å². The van der Waals surface area contributed by atoms with Crippen molar-refractivity contribution >= 4 is 10.9 Å². The van der Waals surface area contributed by atoms with Crippen LogP contribution in [0.1, 0.15) is 5.56 Å². The highest BCUT2D eigenvalue weighted by Crippen LogP contribution is 2.37. The molecule has 0 saturated carbocycles. The highest BCUT2D eigenvalue weighted by Gasteiger charge is 2.15. The minimum Gasteiger partial charge on any atom is -0.493 e. The van der Waals surface area contributed by atoms with Crippen LogP contribution in [-0.2, 0) is 6.54 Å². The maximum atomic E-state index is 15.2. The first-order valence-electron chi connectivity index (χ1n) is 11.2. The van der Waals surface area contributed by atoms with Gasteiger partial charge in [-0.2, -0.15) is 0 Å². The number of nitrogens with zero attached hydrogens (tertiary/aromatic N) is 3. The Labute approximate surface area is 210 Å². The number of halogens is 2. The molecular weight excluding hydrogens is 480 g/mol. The van der Waals surface area contributed by atoms with E-state index < -0.39 is 5.82 Å². The molecule has 0 bridgehead atoms. The van der Waals surface area contributed by atoms with Crippen molar-refractivity contribution in [2.45, 2.75) is 6.54 Å². The van der Waals surface area contributed by atoms with Crippen LogP contribution in [0.5, 0.6) is 23.0 Å². The van der Waals surface area contributed by atoms with Gasteiger partial charge in [-0.25, -0.2) is 13.8 Å². The zero-order valence-corrected chi connectivity index (χ0v) is 19.9. The molecule has 0 aliphatic carbocycles. The Bertz CT molecular complexity index is 1650. The summed E-state index contributed by atoms with van der Waals surface area (Å²) in [6.07, 6.45) is 4.32. The highest BCUT2D eigenvalue weighted by molar-refractivity contribution is 5.88. The van der Waals surface area contributed by atoms with Crippen LogP contribution in [0.25, 0.3) is 22.0 Å². The van der Waals surface area contributed by atoms with Crippen LogP contribution in [0.3, 0.4) is 0 Å². The number of aromatic nitrogens is 3. The minimum absolute atomic E-state index is 0.0263. The van der Waals surface area contributed by atoms with E-state index in [0.29, 0.717) is 33.7 Å². The van der Waals surface area contributed by atoms with Gasteiger partial charge in [0.25, 0.3) is 5.56 Å². The van der Waals surface area contributed by atoms with Crippen LogP contribution in [0.4, 0.5) is 8.78 Å². The molecule has 0 saturated heterocycles. The lowest BCUT2D eigenvalue weighted by atomic mass is 10.1. The van der Waals surface area contributed by atoms with Crippen molar-refractivity contribution in [2.24, 2.45) is 0 Å². The number of fused-ring (bicyclic) bond motifs is 1. The quantitative estimate of drug-likeness (QED) is 0.289. The summed E-state index contributed by atoms with van der Waals surface area (Å²) in [6.45, 7) is 0.201. The first kappa shape index (κ1) is 23.9. The number of pyridine rings is 1. The molecule has 186 valence electrons. The number of benzene rings is 3. The molecule has 0 amide bonds. The van der Waals surface area contributed by atoms with E-state index in [-0.39, 0.29) is 29.2 Å². The van der Waals surface area contributed by atoms with Gasteiger partial charge in [-0.1, -0.05) is 18.2 Å². The maximum Gasteiger partial charge on any atom is 0.261 e. The van der Waals surface area contributed by atoms with Crippen molar-refractivity contribution in [3.05, 3.63) is 107 Å². The molecule has 2 aromatic heterocycles. The van der Waals surface area contributed by atoms with E-state index in [0.717, 1.165) is 5.56 Å². The van der Waals surface area contributed by atoms with Gasteiger partial charge in [-0.15, -0.1) is 0 Å². The first-order chi connectivity index (χ1) is 18.0. The van der Waals surface area contributed by atoms with Crippen LogP contribution in [0, 0.1) is 11.6 Å². The predicted octanol–water partition coefficient (Wildman–Crippen LogP) is 5.59. The fraction of sp³-hybridized carbons (Fsp3) is 0.107. The molecule has 9 heteroatoms. The molecule has 0 radical (unpaired) electrons. The van der Waals surface area contributed by atoms with Gasteiger partial charge in [0.05, 0.1) is 38.2 Å². The molecule has 7 nitrogen and oxygen atoms in total. The van der Waals surface area contributed by atoms with E-state index in [1.165, 1.54) is 55.6 Å². The molecular formula is C28H21F2N3O4. The normalized spacial score (nSPS) is 10.9. The van der Waals surface area contributed by atoms with E-state index in [9.17, 15) is 9.18 Å². The Morgan fingerprint density at radius 2 is 1.62 bits per heavy atom. The topological polar surface area (TPSA) is 75.5 Å². The van der Waals surface area contributed by atoms with Gasteiger partial charge < -0.3 is 14.2 Å². The maximum absolute atomic E-state index is 15.2. The monoisotopic (exact) mass is 501 g/mol. The van der Waals surface area contributed by atoms with Gasteiger partial charge in [0.15, 0.2) is 23.1 Å². The lowest BCUT2D eigenvalue weighted by Gasteiger charge is -2.13. The van der Waals surface area contributed by atoms with Crippen LogP contribution < -0.4 is 19.8 Å². The first-order valence-corrected chi connectivity index (χ1v) is 11.2. The molecule has 3 aromatic carbocycles.